The minimum Gasteiger partial charge on any atom is -0.427 e. The summed E-state index contributed by atoms with van der Waals surface area (Å²) in [6, 6.07) is 2.28. The first-order chi connectivity index (χ1) is 3.41. The van der Waals surface area contributed by atoms with Gasteiger partial charge in [-0.05, 0) is 6.04 Å². The Morgan fingerprint density at radius 2 is 2.43 bits per heavy atom. The van der Waals surface area contributed by atoms with E-state index in [2.05, 4.69) is 13.0 Å². The highest BCUT2D eigenvalue weighted by Gasteiger charge is 1.82. The van der Waals surface area contributed by atoms with Gasteiger partial charge in [-0.1, -0.05) is 19.8 Å². The first-order valence-corrected chi connectivity index (χ1v) is 4.11. The summed E-state index contributed by atoms with van der Waals surface area (Å²) < 4.78 is 4.93. The zero-order valence-electron chi connectivity index (χ0n) is 5.11. The van der Waals surface area contributed by atoms with Crippen LogP contribution in [0.5, 0.6) is 0 Å². The van der Waals surface area contributed by atoms with Crippen LogP contribution in [0.15, 0.2) is 0 Å². The Labute approximate surface area is 48.0 Å². The fourth-order valence-corrected chi connectivity index (χ4v) is 1.22. The van der Waals surface area contributed by atoms with E-state index in [4.69, 9.17) is 4.43 Å². The van der Waals surface area contributed by atoms with Crippen molar-refractivity contribution >= 4 is 9.76 Å². The lowest BCUT2D eigenvalue weighted by Gasteiger charge is -1.91. The highest BCUT2D eigenvalue weighted by atomic mass is 28.2. The summed E-state index contributed by atoms with van der Waals surface area (Å²) >= 11 is 0. The third-order valence-corrected chi connectivity index (χ3v) is 1.75. The van der Waals surface area contributed by atoms with Crippen molar-refractivity contribution in [3.05, 3.63) is 6.04 Å². The minimum atomic E-state index is -0.214. The molecule has 0 aliphatic carbocycles. The van der Waals surface area contributed by atoms with E-state index in [1.54, 1.807) is 7.11 Å². The van der Waals surface area contributed by atoms with E-state index < -0.39 is 0 Å². The third-order valence-electron chi connectivity index (χ3n) is 0.777. The van der Waals surface area contributed by atoms with Crippen molar-refractivity contribution in [2.75, 3.05) is 7.11 Å². The highest BCUT2D eigenvalue weighted by molar-refractivity contribution is 6.32. The Balaban J connectivity index is 2.45. The maximum Gasteiger partial charge on any atom is 0.164 e. The molecule has 43 valence electrons. The molecule has 0 saturated carbocycles. The average Bonchev–Trinajstić information content (AvgIpc) is 1.69. The molecule has 0 rings (SSSR count). The second-order valence-corrected chi connectivity index (χ2v) is 3.02. The maximum atomic E-state index is 4.93. The van der Waals surface area contributed by atoms with E-state index in [0.717, 1.165) is 0 Å². The molecule has 0 aromatic rings. The van der Waals surface area contributed by atoms with Gasteiger partial charge in [-0.3, -0.25) is 0 Å². The number of unbranched alkanes of at least 4 members (excludes halogenated alkanes) is 1. The van der Waals surface area contributed by atoms with Crippen LogP contribution >= 0.6 is 0 Å². The first-order valence-electron chi connectivity index (χ1n) is 2.72. The van der Waals surface area contributed by atoms with Crippen LogP contribution in [0.4, 0.5) is 0 Å². The molecule has 1 nitrogen and oxygen atoms in total. The van der Waals surface area contributed by atoms with Gasteiger partial charge in [0.05, 0.1) is 0 Å². The summed E-state index contributed by atoms with van der Waals surface area (Å²) in [7, 11) is 1.56. The standard InChI is InChI=1S/C5H13OSi/c1-3-4-5-7-6-2/h5H,3-4,7H2,1-2H3. The van der Waals surface area contributed by atoms with Gasteiger partial charge >= 0.3 is 0 Å². The Morgan fingerprint density at radius 1 is 1.71 bits per heavy atom. The van der Waals surface area contributed by atoms with Crippen molar-refractivity contribution in [1.29, 1.82) is 0 Å². The number of hydrogen-bond acceptors (Lipinski definition) is 1. The topological polar surface area (TPSA) is 9.23 Å². The van der Waals surface area contributed by atoms with Crippen molar-refractivity contribution in [2.24, 2.45) is 0 Å². The summed E-state index contributed by atoms with van der Waals surface area (Å²) in [6.45, 7) is 2.18. The molecule has 7 heavy (non-hydrogen) atoms. The Bertz CT molecular complexity index is 27.3. The molecule has 0 fully saturated rings. The van der Waals surface area contributed by atoms with Gasteiger partial charge < -0.3 is 4.43 Å². The highest BCUT2D eigenvalue weighted by Crippen LogP contribution is 1.88. The van der Waals surface area contributed by atoms with Crippen LogP contribution in [-0.2, 0) is 4.43 Å². The van der Waals surface area contributed by atoms with Crippen molar-refractivity contribution in [2.45, 2.75) is 19.8 Å². The zero-order valence-corrected chi connectivity index (χ0v) is 6.52. The smallest absolute Gasteiger partial charge is 0.164 e. The summed E-state index contributed by atoms with van der Waals surface area (Å²) in [6.07, 6.45) is 2.50. The molecule has 0 aromatic heterocycles. The van der Waals surface area contributed by atoms with Crippen molar-refractivity contribution in [3.8, 4) is 0 Å². The van der Waals surface area contributed by atoms with Crippen LogP contribution in [-0.4, -0.2) is 16.9 Å². The average molecular weight is 117 g/mol. The van der Waals surface area contributed by atoms with E-state index in [0.29, 0.717) is 0 Å². The minimum absolute atomic E-state index is 0.214. The SMILES string of the molecule is CCC[CH][SiH2]OC. The van der Waals surface area contributed by atoms with Gasteiger partial charge in [-0.25, -0.2) is 0 Å². The molecule has 0 unspecified atom stereocenters. The Hall–Kier alpha value is 0.177. The predicted molar refractivity (Wildman–Crippen MR) is 34.8 cm³/mol. The largest absolute Gasteiger partial charge is 0.427 e. The number of rotatable bonds is 4. The summed E-state index contributed by atoms with van der Waals surface area (Å²) in [4.78, 5) is 0. The van der Waals surface area contributed by atoms with Crippen molar-refractivity contribution < 1.29 is 4.43 Å². The molecule has 0 aromatic carbocycles. The molecule has 0 aliphatic heterocycles. The lowest BCUT2D eigenvalue weighted by Crippen LogP contribution is -1.93. The normalized spacial score (nSPS) is 11.1. The van der Waals surface area contributed by atoms with E-state index in [1.165, 1.54) is 12.8 Å². The Morgan fingerprint density at radius 3 is 2.86 bits per heavy atom. The van der Waals surface area contributed by atoms with E-state index in [9.17, 15) is 0 Å². The third kappa shape index (κ3) is 6.18. The molecule has 0 spiro atoms. The maximum absolute atomic E-state index is 4.93. The van der Waals surface area contributed by atoms with E-state index >= 15 is 0 Å². The molecule has 0 aliphatic rings. The molecule has 0 bridgehead atoms. The molecule has 0 N–H and O–H groups in total. The second kappa shape index (κ2) is 6.18. The van der Waals surface area contributed by atoms with Crippen LogP contribution in [0.25, 0.3) is 0 Å². The van der Waals surface area contributed by atoms with Crippen LogP contribution in [0.1, 0.15) is 19.8 Å². The molecule has 2 heteroatoms. The van der Waals surface area contributed by atoms with Gasteiger partial charge in [0.15, 0.2) is 9.76 Å². The van der Waals surface area contributed by atoms with Crippen LogP contribution in [0.2, 0.25) is 0 Å². The zero-order chi connectivity index (χ0) is 5.54. The fraction of sp³-hybridized carbons (Fsp3) is 0.800. The quantitative estimate of drug-likeness (QED) is 0.388. The monoisotopic (exact) mass is 117 g/mol. The van der Waals surface area contributed by atoms with Gasteiger partial charge in [0.25, 0.3) is 0 Å². The summed E-state index contributed by atoms with van der Waals surface area (Å²) in [5, 5.41) is 0. The molecule has 0 heterocycles. The van der Waals surface area contributed by atoms with Crippen LogP contribution in [0.3, 0.4) is 0 Å². The summed E-state index contributed by atoms with van der Waals surface area (Å²) in [5.74, 6) is 0. The first kappa shape index (κ1) is 7.18. The molecule has 0 amide bonds. The van der Waals surface area contributed by atoms with Gasteiger partial charge in [0.2, 0.25) is 0 Å². The van der Waals surface area contributed by atoms with Crippen LogP contribution in [0, 0.1) is 6.04 Å². The second-order valence-electron chi connectivity index (χ2n) is 1.53. The number of hydrogen-bond donors (Lipinski definition) is 0. The Kier molecular flexibility index (Phi) is 6.33. The van der Waals surface area contributed by atoms with Gasteiger partial charge in [-0.2, -0.15) is 0 Å². The summed E-state index contributed by atoms with van der Waals surface area (Å²) in [5.41, 5.74) is 0. The van der Waals surface area contributed by atoms with Gasteiger partial charge in [0.1, 0.15) is 0 Å². The lowest BCUT2D eigenvalue weighted by molar-refractivity contribution is 0.445. The van der Waals surface area contributed by atoms with E-state index in [1.807, 2.05) is 0 Å². The lowest BCUT2D eigenvalue weighted by atomic mass is 10.4. The van der Waals surface area contributed by atoms with Crippen LogP contribution < -0.4 is 0 Å². The van der Waals surface area contributed by atoms with Crippen molar-refractivity contribution in [1.82, 2.24) is 0 Å². The fourth-order valence-electron chi connectivity index (χ4n) is 0.405. The van der Waals surface area contributed by atoms with E-state index in [-0.39, 0.29) is 9.76 Å². The predicted octanol–water partition coefficient (Wildman–Crippen LogP) is 0.678. The van der Waals surface area contributed by atoms with Gasteiger partial charge in [-0.15, -0.1) is 0 Å². The van der Waals surface area contributed by atoms with Gasteiger partial charge in [0, 0.05) is 7.11 Å². The van der Waals surface area contributed by atoms with Crippen molar-refractivity contribution in [3.63, 3.8) is 0 Å². The molecular weight excluding hydrogens is 104 g/mol. The molecule has 0 saturated heterocycles. The molecule has 1 radical (unpaired) electrons. The molecular formula is C5H13OSi. The molecule has 0 atom stereocenters.